The van der Waals surface area contributed by atoms with Crippen LogP contribution in [0.1, 0.15) is 122 Å². The summed E-state index contributed by atoms with van der Waals surface area (Å²) >= 11 is 0. The lowest BCUT2D eigenvalue weighted by Crippen LogP contribution is -2.56. The lowest BCUT2D eigenvalue weighted by molar-refractivity contribution is -0.142. The van der Waals surface area contributed by atoms with E-state index >= 15 is 0 Å². The third-order valence-corrected chi connectivity index (χ3v) is 11.3. The summed E-state index contributed by atoms with van der Waals surface area (Å²) in [5, 5.41) is 14.4. The number of likely N-dealkylation sites (tertiary alicyclic amines) is 2. The van der Waals surface area contributed by atoms with Gasteiger partial charge in [0.05, 0.1) is 6.04 Å². The van der Waals surface area contributed by atoms with Crippen molar-refractivity contribution in [3.05, 3.63) is 107 Å². The van der Waals surface area contributed by atoms with Crippen LogP contribution < -0.4 is 16.4 Å². The average Bonchev–Trinajstić information content (AvgIpc) is 3.27. The molecule has 15 heteroatoms. The number of nitrogens with zero attached hydrogens (tertiary/aromatic N) is 3. The fourth-order valence-corrected chi connectivity index (χ4v) is 7.78. The van der Waals surface area contributed by atoms with Crippen LogP contribution in [0.4, 0.5) is 9.59 Å². The lowest BCUT2D eigenvalue weighted by atomic mass is 9.85. The van der Waals surface area contributed by atoms with E-state index in [1.54, 1.807) is 55.5 Å². The van der Waals surface area contributed by atoms with E-state index < -0.39 is 59.4 Å². The zero-order chi connectivity index (χ0) is 48.1. The summed E-state index contributed by atoms with van der Waals surface area (Å²) in [7, 11) is 1.64. The molecule has 6 atom stereocenters. The number of amidine groups is 1. The Kier molecular flexibility index (Phi) is 18.3. The number of aliphatic carboxylic acids is 1. The number of carboxylic acids is 1. The number of hydrogen-bond acceptors (Lipinski definition) is 9. The molecule has 65 heavy (non-hydrogen) atoms. The van der Waals surface area contributed by atoms with Crippen LogP contribution in [0.2, 0.25) is 0 Å². The molecule has 15 nitrogen and oxygen atoms in total. The normalized spacial score (nSPS) is 19.9. The second-order valence-electron chi connectivity index (χ2n) is 18.7. The van der Waals surface area contributed by atoms with Crippen LogP contribution in [0.3, 0.4) is 0 Å². The second kappa shape index (κ2) is 23.1. The van der Waals surface area contributed by atoms with Gasteiger partial charge in [0.2, 0.25) is 11.8 Å². The number of aliphatic imine (C=N–C) groups is 1. The first-order valence-corrected chi connectivity index (χ1v) is 22.3. The van der Waals surface area contributed by atoms with E-state index in [0.29, 0.717) is 44.6 Å². The molecule has 3 aromatic carbocycles. The van der Waals surface area contributed by atoms with E-state index in [1.807, 2.05) is 84.9 Å². The smallest absolute Gasteiger partial charge is 0.410 e. The quantitative estimate of drug-likeness (QED) is 0.108. The summed E-state index contributed by atoms with van der Waals surface area (Å²) in [6.07, 6.45) is 2.08. The van der Waals surface area contributed by atoms with Crippen LogP contribution in [0.25, 0.3) is 0 Å². The number of Topliss-reactive ketones (excluding diaryl/α,β-unsaturated/α-hetero) is 1. The zero-order valence-electron chi connectivity index (χ0n) is 39.3. The highest BCUT2D eigenvalue weighted by Crippen LogP contribution is 2.34. The number of carboxylic acid groups (broad SMARTS) is 1. The number of piperidine rings is 2. The fraction of sp³-hybridized carbons (Fsp3) is 0.500. The monoisotopic (exact) mass is 897 g/mol. The number of ketones is 1. The number of carbonyl (C=O) groups excluding carboxylic acids is 5. The van der Waals surface area contributed by atoms with Crippen LogP contribution in [0.5, 0.6) is 0 Å². The highest BCUT2D eigenvalue weighted by atomic mass is 16.6. The Morgan fingerprint density at radius 1 is 0.692 bits per heavy atom. The van der Waals surface area contributed by atoms with Crippen molar-refractivity contribution in [2.75, 3.05) is 20.1 Å². The average molecular weight is 897 g/mol. The molecule has 5 N–H and O–H groups in total. The van der Waals surface area contributed by atoms with Crippen molar-refractivity contribution in [3.8, 4) is 0 Å². The highest BCUT2D eigenvalue weighted by molar-refractivity contribution is 5.97. The van der Waals surface area contributed by atoms with E-state index in [-0.39, 0.29) is 29.9 Å². The first kappa shape index (κ1) is 51.4. The molecule has 4 amide bonds. The van der Waals surface area contributed by atoms with Crippen molar-refractivity contribution in [1.29, 1.82) is 0 Å². The van der Waals surface area contributed by atoms with E-state index in [1.165, 1.54) is 16.7 Å². The number of aryl methyl sites for hydroxylation is 1. The summed E-state index contributed by atoms with van der Waals surface area (Å²) in [4.78, 5) is 82.6. The van der Waals surface area contributed by atoms with Crippen LogP contribution in [0.15, 0.2) is 89.9 Å². The second-order valence-corrected chi connectivity index (χ2v) is 18.7. The standard InChI is InChI=1S/C30H40N4O4.C20H28N2O5/c1-20(26(35)16-13-21-11-14-23(15-12-21)27(31)32-5)33-28(36)25-19-24(22-9-7-6-8-10-22)17-18-34(25)29(37)38-30(2,3)4;1-13(18(24)25)21-17(23)16-12-15(14-8-6-5-7-9-14)10-11-22(16)19(26)27-20(2,3)4/h6-12,14-15,20,24-25H,13,16-19H2,1-5H3,(H2,31,32)(H,33,36);5-9,13,15-16H,10-12H2,1-4H3,(H,21,23)(H,24,25)/t20-,24-,25+;13-,15-,16+/m00/s1. The van der Waals surface area contributed by atoms with E-state index in [0.717, 1.165) is 28.7 Å². The van der Waals surface area contributed by atoms with Gasteiger partial charge in [-0.05, 0) is 116 Å². The predicted octanol–water partition coefficient (Wildman–Crippen LogP) is 6.97. The predicted molar refractivity (Wildman–Crippen MR) is 250 cm³/mol. The van der Waals surface area contributed by atoms with Crippen molar-refractivity contribution in [3.63, 3.8) is 0 Å². The molecule has 0 unspecified atom stereocenters. The number of carbonyl (C=O) groups is 6. The Morgan fingerprint density at radius 2 is 1.11 bits per heavy atom. The van der Waals surface area contributed by atoms with Gasteiger partial charge < -0.3 is 30.9 Å². The summed E-state index contributed by atoms with van der Waals surface area (Å²) in [5.74, 6) is -1.31. The molecule has 0 spiro atoms. The topological polar surface area (TPSA) is 210 Å². The fourth-order valence-electron chi connectivity index (χ4n) is 7.78. The Balaban J connectivity index is 0.000000302. The molecule has 0 radical (unpaired) electrons. The van der Waals surface area contributed by atoms with Gasteiger partial charge in [0.15, 0.2) is 5.78 Å². The number of nitrogens with one attached hydrogen (secondary N) is 2. The van der Waals surface area contributed by atoms with Crippen LogP contribution in [-0.4, -0.2) is 112 Å². The molecular formula is C50H68N6O9. The van der Waals surface area contributed by atoms with E-state index in [4.69, 9.17) is 20.3 Å². The van der Waals surface area contributed by atoms with E-state index in [2.05, 4.69) is 15.6 Å². The summed E-state index contributed by atoms with van der Waals surface area (Å²) in [6, 6.07) is 24.2. The van der Waals surface area contributed by atoms with Gasteiger partial charge in [-0.3, -0.25) is 34.0 Å². The third kappa shape index (κ3) is 15.8. The summed E-state index contributed by atoms with van der Waals surface area (Å²) in [5.41, 5.74) is 8.55. The SMILES string of the molecule is CN=C(N)c1ccc(CCC(=O)[C@H](C)NC(=O)[C@H]2C[C@@H](c3ccccc3)CCN2C(=O)OC(C)(C)C)cc1.C[C@H](NC(=O)[C@H]1C[C@@H](c2ccccc2)CCN1C(=O)OC(C)(C)C)C(=O)O. The maximum atomic E-state index is 13.4. The third-order valence-electron chi connectivity index (χ3n) is 11.3. The van der Waals surface area contributed by atoms with Crippen LogP contribution >= 0.6 is 0 Å². The molecule has 2 saturated heterocycles. The summed E-state index contributed by atoms with van der Waals surface area (Å²) < 4.78 is 11.0. The first-order chi connectivity index (χ1) is 30.6. The zero-order valence-corrected chi connectivity index (χ0v) is 39.3. The minimum absolute atomic E-state index is 0.0729. The van der Waals surface area contributed by atoms with Crippen molar-refractivity contribution in [2.45, 2.75) is 141 Å². The van der Waals surface area contributed by atoms with Crippen molar-refractivity contribution in [1.82, 2.24) is 20.4 Å². The van der Waals surface area contributed by atoms with Gasteiger partial charge in [-0.2, -0.15) is 0 Å². The molecule has 2 fully saturated rings. The number of rotatable bonds is 12. The minimum Gasteiger partial charge on any atom is -0.480 e. The maximum absolute atomic E-state index is 13.4. The highest BCUT2D eigenvalue weighted by Gasteiger charge is 2.41. The maximum Gasteiger partial charge on any atom is 0.410 e. The largest absolute Gasteiger partial charge is 0.480 e. The van der Waals surface area contributed by atoms with Crippen LogP contribution in [-0.2, 0) is 35.1 Å². The van der Waals surface area contributed by atoms with Crippen molar-refractivity contribution in [2.24, 2.45) is 10.7 Å². The molecule has 0 aliphatic carbocycles. The molecule has 2 aliphatic heterocycles. The molecule has 2 aliphatic rings. The van der Waals surface area contributed by atoms with Gasteiger partial charge in [-0.1, -0.05) is 84.9 Å². The number of nitrogens with two attached hydrogens (primary N) is 1. The molecule has 0 bridgehead atoms. The van der Waals surface area contributed by atoms with Gasteiger partial charge in [0.25, 0.3) is 0 Å². The summed E-state index contributed by atoms with van der Waals surface area (Å²) in [6.45, 7) is 14.6. The molecule has 2 heterocycles. The van der Waals surface area contributed by atoms with Crippen LogP contribution in [0, 0.1) is 0 Å². The number of benzene rings is 3. The first-order valence-electron chi connectivity index (χ1n) is 22.3. The van der Waals surface area contributed by atoms with Gasteiger partial charge in [0, 0.05) is 32.1 Å². The molecule has 0 saturated carbocycles. The molecular weight excluding hydrogens is 829 g/mol. The van der Waals surface area contributed by atoms with E-state index in [9.17, 15) is 28.8 Å². The lowest BCUT2D eigenvalue weighted by Gasteiger charge is -2.39. The van der Waals surface area contributed by atoms with Gasteiger partial charge in [-0.15, -0.1) is 0 Å². The molecule has 352 valence electrons. The minimum atomic E-state index is -1.12. The molecule has 3 aromatic rings. The number of hydrogen-bond donors (Lipinski definition) is 4. The Bertz CT molecular complexity index is 2120. The van der Waals surface area contributed by atoms with Gasteiger partial charge in [0.1, 0.15) is 35.2 Å². The number of amides is 4. The van der Waals surface area contributed by atoms with Gasteiger partial charge >= 0.3 is 18.2 Å². The Labute approximate surface area is 383 Å². The van der Waals surface area contributed by atoms with Crippen molar-refractivity contribution >= 4 is 41.6 Å². The van der Waals surface area contributed by atoms with Crippen molar-refractivity contribution < 1.29 is 43.3 Å². The van der Waals surface area contributed by atoms with Gasteiger partial charge in [-0.25, -0.2) is 9.59 Å². The Hall–Kier alpha value is -6.25. The Morgan fingerprint density at radius 3 is 1.49 bits per heavy atom. The molecule has 5 rings (SSSR count). The molecule has 0 aromatic heterocycles. The number of ether oxygens (including phenoxy) is 2.